The number of rotatable bonds is 5. The third-order valence-electron chi connectivity index (χ3n) is 1.73. The Hall–Kier alpha value is -0.810. The van der Waals surface area contributed by atoms with Gasteiger partial charge in [0.2, 0.25) is 0 Å². The number of Topliss-reactive ketones (excluding diaryl/α,β-unsaturated/α-hetero) is 1. The predicted octanol–water partition coefficient (Wildman–Crippen LogP) is 0.777. The highest BCUT2D eigenvalue weighted by Gasteiger charge is 2.13. The summed E-state index contributed by atoms with van der Waals surface area (Å²) in [6, 6.07) is -0.129. The van der Waals surface area contributed by atoms with Crippen LogP contribution in [0.3, 0.4) is 0 Å². The molecule has 1 heterocycles. The molecule has 0 aromatic carbocycles. The maximum absolute atomic E-state index is 11.1. The Morgan fingerprint density at radius 2 is 2.62 bits per heavy atom. The second kappa shape index (κ2) is 5.04. The largest absolute Gasteiger partial charge is 0.348 e. The third-order valence-corrected chi connectivity index (χ3v) is 2.25. The molecule has 0 amide bonds. The minimum Gasteiger partial charge on any atom is -0.348 e. The number of hydrogen-bond donors (Lipinski definition) is 2. The molecule has 5 heteroatoms. The van der Waals surface area contributed by atoms with Crippen LogP contribution in [0.15, 0.2) is 12.5 Å². The van der Waals surface area contributed by atoms with E-state index in [2.05, 4.69) is 14.7 Å². The molecule has 72 valence electrons. The van der Waals surface area contributed by atoms with E-state index in [1.54, 1.807) is 19.4 Å². The van der Waals surface area contributed by atoms with Crippen molar-refractivity contribution in [2.75, 3.05) is 6.26 Å². The third kappa shape index (κ3) is 3.20. The van der Waals surface area contributed by atoms with Crippen LogP contribution in [0.5, 0.6) is 0 Å². The van der Waals surface area contributed by atoms with Crippen molar-refractivity contribution in [2.24, 2.45) is 0 Å². The van der Waals surface area contributed by atoms with E-state index in [1.165, 1.54) is 11.9 Å². The van der Waals surface area contributed by atoms with Crippen LogP contribution in [-0.4, -0.2) is 28.0 Å². The van der Waals surface area contributed by atoms with Crippen molar-refractivity contribution in [3.63, 3.8) is 0 Å². The van der Waals surface area contributed by atoms with Gasteiger partial charge in [0.25, 0.3) is 0 Å². The maximum atomic E-state index is 11.1. The summed E-state index contributed by atoms with van der Waals surface area (Å²) < 4.78 is 3.04. The number of carbonyl (C=O) groups excluding carboxylic acids is 1. The average Bonchev–Trinajstić information content (AvgIpc) is 2.56. The van der Waals surface area contributed by atoms with Crippen molar-refractivity contribution in [1.29, 1.82) is 0 Å². The van der Waals surface area contributed by atoms with Gasteiger partial charge in [-0.15, -0.1) is 0 Å². The second-order valence-corrected chi connectivity index (χ2v) is 3.41. The molecular formula is C8H13N3OS. The van der Waals surface area contributed by atoms with Crippen molar-refractivity contribution in [1.82, 2.24) is 14.7 Å². The lowest BCUT2D eigenvalue weighted by Crippen LogP contribution is -2.32. The first kappa shape index (κ1) is 10.3. The number of nitrogens with one attached hydrogen (secondary N) is 2. The van der Waals surface area contributed by atoms with Gasteiger partial charge >= 0.3 is 0 Å². The van der Waals surface area contributed by atoms with Crippen LogP contribution in [0.25, 0.3) is 0 Å². The van der Waals surface area contributed by atoms with E-state index in [1.807, 2.05) is 6.26 Å². The second-order valence-electron chi connectivity index (χ2n) is 2.77. The van der Waals surface area contributed by atoms with E-state index >= 15 is 0 Å². The number of carbonyl (C=O) groups is 1. The molecule has 13 heavy (non-hydrogen) atoms. The van der Waals surface area contributed by atoms with Crippen LogP contribution in [0.2, 0.25) is 0 Å². The van der Waals surface area contributed by atoms with Crippen molar-refractivity contribution in [3.8, 4) is 0 Å². The molecule has 0 radical (unpaired) electrons. The van der Waals surface area contributed by atoms with Gasteiger partial charge in [-0.3, -0.25) is 9.52 Å². The van der Waals surface area contributed by atoms with Gasteiger partial charge in [0, 0.05) is 18.3 Å². The molecule has 0 unspecified atom stereocenters. The number of ketones is 1. The molecule has 1 aromatic heterocycles. The van der Waals surface area contributed by atoms with E-state index in [-0.39, 0.29) is 11.8 Å². The minimum absolute atomic E-state index is 0.129. The SMILES string of the molecule is CSN[C@@H](Cc1cnc[nH]1)C(C)=O. The lowest BCUT2D eigenvalue weighted by Gasteiger charge is -2.11. The highest BCUT2D eigenvalue weighted by Crippen LogP contribution is 2.02. The summed E-state index contributed by atoms with van der Waals surface area (Å²) in [6.45, 7) is 1.59. The number of hydrogen-bond acceptors (Lipinski definition) is 4. The fraction of sp³-hybridized carbons (Fsp3) is 0.500. The van der Waals surface area contributed by atoms with Crippen LogP contribution >= 0.6 is 11.9 Å². The van der Waals surface area contributed by atoms with Crippen molar-refractivity contribution in [3.05, 3.63) is 18.2 Å². The lowest BCUT2D eigenvalue weighted by molar-refractivity contribution is -0.118. The molecule has 0 aliphatic carbocycles. The normalized spacial score (nSPS) is 12.8. The molecule has 4 nitrogen and oxygen atoms in total. The minimum atomic E-state index is -0.129. The van der Waals surface area contributed by atoms with E-state index in [9.17, 15) is 4.79 Å². The molecule has 0 saturated heterocycles. The quantitative estimate of drug-likeness (QED) is 0.688. The van der Waals surface area contributed by atoms with Crippen molar-refractivity contribution >= 4 is 17.7 Å². The fourth-order valence-electron chi connectivity index (χ4n) is 1.03. The Bertz CT molecular complexity index is 260. The van der Waals surface area contributed by atoms with Gasteiger partial charge in [0.15, 0.2) is 0 Å². The van der Waals surface area contributed by atoms with Gasteiger partial charge in [0.1, 0.15) is 5.78 Å². The summed E-state index contributed by atoms with van der Waals surface area (Å²) in [4.78, 5) is 18.0. The van der Waals surface area contributed by atoms with E-state index < -0.39 is 0 Å². The molecule has 0 aliphatic rings. The number of nitrogens with zero attached hydrogens (tertiary/aromatic N) is 1. The summed E-state index contributed by atoms with van der Waals surface area (Å²) >= 11 is 1.45. The van der Waals surface area contributed by atoms with E-state index in [4.69, 9.17) is 0 Å². The first-order valence-electron chi connectivity index (χ1n) is 4.00. The number of aromatic amines is 1. The lowest BCUT2D eigenvalue weighted by atomic mass is 10.1. The standard InChI is InChI=1S/C8H13N3OS/c1-6(12)8(11-13-2)3-7-4-9-5-10-7/h4-5,8,11H,3H2,1-2H3,(H,9,10)/t8-/m0/s1. The van der Waals surface area contributed by atoms with Gasteiger partial charge < -0.3 is 4.98 Å². The van der Waals surface area contributed by atoms with E-state index in [0.29, 0.717) is 6.42 Å². The molecule has 0 spiro atoms. The van der Waals surface area contributed by atoms with Crippen molar-refractivity contribution in [2.45, 2.75) is 19.4 Å². The van der Waals surface area contributed by atoms with Gasteiger partial charge in [0.05, 0.1) is 12.4 Å². The monoisotopic (exact) mass is 199 g/mol. The Morgan fingerprint density at radius 1 is 1.85 bits per heavy atom. The maximum Gasteiger partial charge on any atom is 0.147 e. The van der Waals surface area contributed by atoms with Crippen molar-refractivity contribution < 1.29 is 4.79 Å². The Morgan fingerprint density at radius 3 is 3.08 bits per heavy atom. The average molecular weight is 199 g/mol. The summed E-state index contributed by atoms with van der Waals surface area (Å²) in [5.74, 6) is 0.143. The molecule has 0 saturated carbocycles. The number of H-pyrrole nitrogens is 1. The molecule has 0 aliphatic heterocycles. The van der Waals surface area contributed by atoms with Crippen LogP contribution in [0.1, 0.15) is 12.6 Å². The zero-order chi connectivity index (χ0) is 9.68. The summed E-state index contributed by atoms with van der Waals surface area (Å²) in [5.41, 5.74) is 0.974. The van der Waals surface area contributed by atoms with E-state index in [0.717, 1.165) is 5.69 Å². The highest BCUT2D eigenvalue weighted by molar-refractivity contribution is 7.96. The molecule has 0 fully saturated rings. The Balaban J connectivity index is 2.52. The molecular weight excluding hydrogens is 186 g/mol. The van der Waals surface area contributed by atoms with Gasteiger partial charge in [-0.25, -0.2) is 4.98 Å². The van der Waals surface area contributed by atoms with Gasteiger partial charge in [-0.2, -0.15) is 0 Å². The van der Waals surface area contributed by atoms with Crippen LogP contribution in [0, 0.1) is 0 Å². The van der Waals surface area contributed by atoms with Crippen LogP contribution in [-0.2, 0) is 11.2 Å². The molecule has 2 N–H and O–H groups in total. The van der Waals surface area contributed by atoms with Crippen LogP contribution in [0.4, 0.5) is 0 Å². The topological polar surface area (TPSA) is 57.8 Å². The zero-order valence-electron chi connectivity index (χ0n) is 7.70. The number of aromatic nitrogens is 2. The Labute approximate surface area is 81.7 Å². The predicted molar refractivity (Wildman–Crippen MR) is 53.4 cm³/mol. The first-order valence-corrected chi connectivity index (χ1v) is 5.22. The molecule has 0 bridgehead atoms. The molecule has 1 aromatic rings. The zero-order valence-corrected chi connectivity index (χ0v) is 8.52. The number of imidazole rings is 1. The van der Waals surface area contributed by atoms with Gasteiger partial charge in [-0.1, -0.05) is 11.9 Å². The van der Waals surface area contributed by atoms with Crippen LogP contribution < -0.4 is 4.72 Å². The van der Waals surface area contributed by atoms with Gasteiger partial charge in [-0.05, 0) is 13.2 Å². The fourth-order valence-corrected chi connectivity index (χ4v) is 1.56. The summed E-state index contributed by atoms with van der Waals surface area (Å²) in [6.07, 6.45) is 5.92. The molecule has 1 atom stereocenters. The summed E-state index contributed by atoms with van der Waals surface area (Å²) in [5, 5.41) is 0. The highest BCUT2D eigenvalue weighted by atomic mass is 32.2. The molecule has 1 rings (SSSR count). The Kier molecular flexibility index (Phi) is 3.98. The smallest absolute Gasteiger partial charge is 0.147 e. The first-order chi connectivity index (χ1) is 6.24. The summed E-state index contributed by atoms with van der Waals surface area (Å²) in [7, 11) is 0.